The summed E-state index contributed by atoms with van der Waals surface area (Å²) in [6.07, 6.45) is 6.78. The van der Waals surface area contributed by atoms with Gasteiger partial charge in [-0.1, -0.05) is 25.7 Å². The predicted octanol–water partition coefficient (Wildman–Crippen LogP) is 3.71. The smallest absolute Gasteiger partial charge is 0.184 e. The monoisotopic (exact) mass is 254 g/mol. The van der Waals surface area contributed by atoms with Gasteiger partial charge in [-0.15, -0.1) is 0 Å². The van der Waals surface area contributed by atoms with Crippen LogP contribution < -0.4 is 10.6 Å². The largest absolute Gasteiger partial charge is 0.397 e. The van der Waals surface area contributed by atoms with Crippen molar-refractivity contribution >= 4 is 11.4 Å². The van der Waals surface area contributed by atoms with Gasteiger partial charge in [-0.3, -0.25) is 0 Å². The van der Waals surface area contributed by atoms with E-state index in [9.17, 15) is 8.78 Å². The average molecular weight is 254 g/mol. The minimum absolute atomic E-state index is 0.210. The Kier molecular flexibility index (Phi) is 4.04. The lowest BCUT2D eigenvalue weighted by Crippen LogP contribution is -2.32. The molecular weight excluding hydrogens is 234 g/mol. The highest BCUT2D eigenvalue weighted by molar-refractivity contribution is 5.68. The molecule has 1 aliphatic carbocycles. The van der Waals surface area contributed by atoms with E-state index in [0.29, 0.717) is 5.69 Å². The molecule has 2 N–H and O–H groups in total. The second-order valence-corrected chi connectivity index (χ2v) is 5.06. The summed E-state index contributed by atoms with van der Waals surface area (Å²) in [7, 11) is 1.81. The molecule has 1 aliphatic rings. The number of nitrogens with zero attached hydrogens (tertiary/aromatic N) is 1. The molecule has 0 saturated heterocycles. The number of rotatable bonds is 2. The van der Waals surface area contributed by atoms with E-state index in [4.69, 9.17) is 5.73 Å². The van der Waals surface area contributed by atoms with Crippen molar-refractivity contribution < 1.29 is 8.78 Å². The quantitative estimate of drug-likeness (QED) is 0.644. The molecule has 1 fully saturated rings. The van der Waals surface area contributed by atoms with Gasteiger partial charge in [-0.05, 0) is 25.0 Å². The molecule has 0 radical (unpaired) electrons. The van der Waals surface area contributed by atoms with Gasteiger partial charge in [0.05, 0.1) is 11.4 Å². The Morgan fingerprint density at radius 3 is 2.33 bits per heavy atom. The van der Waals surface area contributed by atoms with Crippen molar-refractivity contribution in [1.29, 1.82) is 0 Å². The summed E-state index contributed by atoms with van der Waals surface area (Å²) in [4.78, 5) is 1.82. The van der Waals surface area contributed by atoms with Crippen LogP contribution in [0.1, 0.15) is 38.5 Å². The fourth-order valence-corrected chi connectivity index (χ4v) is 2.74. The van der Waals surface area contributed by atoms with Gasteiger partial charge >= 0.3 is 0 Å². The highest BCUT2D eigenvalue weighted by atomic mass is 19.2. The van der Waals surface area contributed by atoms with Gasteiger partial charge in [-0.2, -0.15) is 0 Å². The maximum atomic E-state index is 13.9. The van der Waals surface area contributed by atoms with Crippen LogP contribution >= 0.6 is 0 Å². The van der Waals surface area contributed by atoms with Crippen LogP contribution in [0.3, 0.4) is 0 Å². The van der Waals surface area contributed by atoms with Gasteiger partial charge < -0.3 is 10.6 Å². The minimum atomic E-state index is -0.834. The molecule has 0 heterocycles. The Morgan fingerprint density at radius 1 is 1.11 bits per heavy atom. The van der Waals surface area contributed by atoms with Gasteiger partial charge in [0.2, 0.25) is 0 Å². The van der Waals surface area contributed by atoms with E-state index in [1.165, 1.54) is 18.9 Å². The molecule has 0 spiro atoms. The van der Waals surface area contributed by atoms with Crippen molar-refractivity contribution in [2.75, 3.05) is 17.7 Å². The van der Waals surface area contributed by atoms with E-state index in [1.54, 1.807) is 0 Å². The molecule has 1 aromatic rings. The van der Waals surface area contributed by atoms with Crippen LogP contribution in [0.25, 0.3) is 0 Å². The maximum absolute atomic E-state index is 13.9. The zero-order valence-electron chi connectivity index (χ0n) is 10.8. The van der Waals surface area contributed by atoms with E-state index in [1.807, 2.05) is 11.9 Å². The summed E-state index contributed by atoms with van der Waals surface area (Å²) in [5.41, 5.74) is 6.30. The van der Waals surface area contributed by atoms with Crippen LogP contribution in [-0.2, 0) is 0 Å². The van der Waals surface area contributed by atoms with Crippen LogP contribution in [-0.4, -0.2) is 13.1 Å². The van der Waals surface area contributed by atoms with Gasteiger partial charge in [0, 0.05) is 13.1 Å². The second kappa shape index (κ2) is 5.55. The normalized spacial score (nSPS) is 17.5. The summed E-state index contributed by atoms with van der Waals surface area (Å²) in [5.74, 6) is -1.67. The van der Waals surface area contributed by atoms with Crippen LogP contribution in [0.15, 0.2) is 12.1 Å². The number of hydrogen-bond acceptors (Lipinski definition) is 2. The molecule has 0 aromatic heterocycles. The predicted molar refractivity (Wildman–Crippen MR) is 70.7 cm³/mol. The molecule has 100 valence electrons. The molecule has 1 aromatic carbocycles. The molecule has 0 bridgehead atoms. The molecule has 1 saturated carbocycles. The van der Waals surface area contributed by atoms with E-state index in [-0.39, 0.29) is 11.7 Å². The third-order valence-corrected chi connectivity index (χ3v) is 3.83. The number of benzene rings is 1. The van der Waals surface area contributed by atoms with Crippen LogP contribution in [0.4, 0.5) is 20.2 Å². The van der Waals surface area contributed by atoms with E-state index in [2.05, 4.69) is 0 Å². The molecule has 0 unspecified atom stereocenters. The Bertz CT molecular complexity index is 413. The lowest BCUT2D eigenvalue weighted by atomic mass is 10.1. The maximum Gasteiger partial charge on any atom is 0.184 e. The molecule has 4 heteroatoms. The topological polar surface area (TPSA) is 29.3 Å². The first-order valence-electron chi connectivity index (χ1n) is 6.57. The Labute approximate surface area is 107 Å². The van der Waals surface area contributed by atoms with Crippen molar-refractivity contribution in [3.63, 3.8) is 0 Å². The third-order valence-electron chi connectivity index (χ3n) is 3.83. The molecule has 0 aliphatic heterocycles. The van der Waals surface area contributed by atoms with E-state index < -0.39 is 11.6 Å². The Hall–Kier alpha value is -1.32. The molecule has 2 nitrogen and oxygen atoms in total. The standard InChI is InChI=1S/C14H20F2N2/c1-18(10-6-4-2-3-5-7-10)14-12(17)9-8-11(15)13(14)16/h8-10H,2-7,17H2,1H3. The highest BCUT2D eigenvalue weighted by Crippen LogP contribution is 2.32. The third kappa shape index (κ3) is 2.57. The van der Waals surface area contributed by atoms with Gasteiger partial charge in [0.15, 0.2) is 11.6 Å². The minimum Gasteiger partial charge on any atom is -0.397 e. The van der Waals surface area contributed by atoms with Crippen LogP contribution in [0.2, 0.25) is 0 Å². The number of halogens is 2. The SMILES string of the molecule is CN(c1c(N)ccc(F)c1F)C1CCCCCC1. The Morgan fingerprint density at radius 2 is 1.72 bits per heavy atom. The fourth-order valence-electron chi connectivity index (χ4n) is 2.74. The van der Waals surface area contributed by atoms with E-state index >= 15 is 0 Å². The highest BCUT2D eigenvalue weighted by Gasteiger charge is 2.23. The van der Waals surface area contributed by atoms with Crippen LogP contribution in [0.5, 0.6) is 0 Å². The summed E-state index contributed by atoms with van der Waals surface area (Å²) in [5, 5.41) is 0. The first-order chi connectivity index (χ1) is 8.61. The summed E-state index contributed by atoms with van der Waals surface area (Å²) in [6.45, 7) is 0. The first kappa shape index (κ1) is 13.1. The zero-order chi connectivity index (χ0) is 13.1. The van der Waals surface area contributed by atoms with Crippen molar-refractivity contribution in [3.8, 4) is 0 Å². The fraction of sp³-hybridized carbons (Fsp3) is 0.571. The van der Waals surface area contributed by atoms with Gasteiger partial charge in [0.25, 0.3) is 0 Å². The molecule has 18 heavy (non-hydrogen) atoms. The van der Waals surface area contributed by atoms with E-state index in [0.717, 1.165) is 31.7 Å². The second-order valence-electron chi connectivity index (χ2n) is 5.06. The summed E-state index contributed by atoms with van der Waals surface area (Å²) in [6, 6.07) is 2.77. The van der Waals surface area contributed by atoms with Crippen molar-refractivity contribution in [1.82, 2.24) is 0 Å². The lowest BCUT2D eigenvalue weighted by Gasteiger charge is -2.30. The van der Waals surface area contributed by atoms with Crippen molar-refractivity contribution in [2.24, 2.45) is 0 Å². The number of nitrogens with two attached hydrogens (primary N) is 1. The van der Waals surface area contributed by atoms with Gasteiger partial charge in [0.1, 0.15) is 0 Å². The average Bonchev–Trinajstić information content (AvgIpc) is 2.63. The van der Waals surface area contributed by atoms with Crippen molar-refractivity contribution in [2.45, 2.75) is 44.6 Å². The molecule has 2 rings (SSSR count). The Balaban J connectivity index is 2.27. The summed E-state index contributed by atoms with van der Waals surface area (Å²) < 4.78 is 27.2. The molecule has 0 atom stereocenters. The number of hydrogen-bond donors (Lipinski definition) is 1. The molecular formula is C14H20F2N2. The zero-order valence-corrected chi connectivity index (χ0v) is 10.8. The molecule has 0 amide bonds. The first-order valence-corrected chi connectivity index (χ1v) is 6.57. The van der Waals surface area contributed by atoms with Crippen molar-refractivity contribution in [3.05, 3.63) is 23.8 Å². The lowest BCUT2D eigenvalue weighted by molar-refractivity contribution is 0.494. The summed E-state index contributed by atoms with van der Waals surface area (Å²) >= 11 is 0. The number of nitrogen functional groups attached to an aromatic ring is 1. The number of anilines is 2. The van der Waals surface area contributed by atoms with Crippen LogP contribution in [0, 0.1) is 11.6 Å². The van der Waals surface area contributed by atoms with Gasteiger partial charge in [-0.25, -0.2) is 8.78 Å².